The molecular weight excluding hydrogens is 408 g/mol. The first kappa shape index (κ1) is 21.2. The van der Waals surface area contributed by atoms with Gasteiger partial charge in [-0.3, -0.25) is 19.7 Å². The molecule has 0 bridgehead atoms. The molecule has 1 N–H and O–H groups in total. The smallest absolute Gasteiger partial charge is 0.270 e. The van der Waals surface area contributed by atoms with Crippen molar-refractivity contribution in [2.75, 3.05) is 6.54 Å². The minimum Gasteiger partial charge on any atom is -0.332 e. The van der Waals surface area contributed by atoms with Crippen LogP contribution in [0.2, 0.25) is 5.02 Å². The zero-order valence-corrected chi connectivity index (χ0v) is 16.9. The van der Waals surface area contributed by atoms with E-state index in [9.17, 15) is 19.7 Å². The summed E-state index contributed by atoms with van der Waals surface area (Å²) >= 11 is 5.99. The molecule has 1 heterocycles. The van der Waals surface area contributed by atoms with Gasteiger partial charge in [0.2, 0.25) is 5.91 Å². The second-order valence-corrected chi connectivity index (χ2v) is 7.06. The van der Waals surface area contributed by atoms with Gasteiger partial charge in [-0.2, -0.15) is 0 Å². The number of non-ortho nitro benzene ring substituents is 1. The van der Waals surface area contributed by atoms with Crippen LogP contribution in [0.25, 0.3) is 17.0 Å². The first-order valence-corrected chi connectivity index (χ1v) is 9.65. The zero-order chi connectivity index (χ0) is 21.7. The molecule has 0 unspecified atom stereocenters. The highest BCUT2D eigenvalue weighted by Gasteiger charge is 2.14. The Balaban J connectivity index is 1.82. The highest BCUT2D eigenvalue weighted by atomic mass is 35.5. The van der Waals surface area contributed by atoms with Crippen LogP contribution in [0.3, 0.4) is 0 Å². The van der Waals surface area contributed by atoms with E-state index in [1.807, 2.05) is 6.92 Å². The van der Waals surface area contributed by atoms with Crippen molar-refractivity contribution in [1.82, 2.24) is 14.9 Å². The maximum Gasteiger partial charge on any atom is 0.270 e. The molecule has 0 fully saturated rings. The number of benzene rings is 2. The zero-order valence-electron chi connectivity index (χ0n) is 16.2. The van der Waals surface area contributed by atoms with Crippen LogP contribution in [0.15, 0.2) is 53.3 Å². The summed E-state index contributed by atoms with van der Waals surface area (Å²) in [5, 5.41) is 11.8. The van der Waals surface area contributed by atoms with Crippen molar-refractivity contribution >= 4 is 40.2 Å². The van der Waals surface area contributed by atoms with Crippen molar-refractivity contribution in [1.29, 1.82) is 0 Å². The number of carbonyl (C=O) groups is 1. The van der Waals surface area contributed by atoms with E-state index in [1.165, 1.54) is 24.3 Å². The molecule has 2 aromatic carbocycles. The molecule has 0 aliphatic rings. The summed E-state index contributed by atoms with van der Waals surface area (Å²) in [5.74, 6) is 0.0533. The van der Waals surface area contributed by atoms with Gasteiger partial charge < -0.3 is 9.88 Å². The first-order valence-electron chi connectivity index (χ1n) is 9.27. The van der Waals surface area contributed by atoms with Gasteiger partial charge >= 0.3 is 0 Å². The lowest BCUT2D eigenvalue weighted by Gasteiger charge is -2.20. The Morgan fingerprint density at radius 3 is 2.83 bits per heavy atom. The number of fused-ring (bicyclic) bond motifs is 1. The number of nitrogens with one attached hydrogen (secondary N) is 1. The van der Waals surface area contributed by atoms with Crippen molar-refractivity contribution in [3.63, 3.8) is 0 Å². The molecule has 30 heavy (non-hydrogen) atoms. The first-order chi connectivity index (χ1) is 14.4. The van der Waals surface area contributed by atoms with Gasteiger partial charge in [-0.1, -0.05) is 30.7 Å². The van der Waals surface area contributed by atoms with E-state index in [2.05, 4.69) is 9.97 Å². The maximum atomic E-state index is 12.7. The van der Waals surface area contributed by atoms with Crippen LogP contribution in [-0.4, -0.2) is 32.2 Å². The summed E-state index contributed by atoms with van der Waals surface area (Å²) in [6.07, 6.45) is 3.58. The average molecular weight is 427 g/mol. The molecule has 1 amide bonds. The van der Waals surface area contributed by atoms with E-state index >= 15 is 0 Å². The van der Waals surface area contributed by atoms with Gasteiger partial charge in [-0.15, -0.1) is 0 Å². The largest absolute Gasteiger partial charge is 0.332 e. The second kappa shape index (κ2) is 9.32. The van der Waals surface area contributed by atoms with Crippen LogP contribution < -0.4 is 5.56 Å². The van der Waals surface area contributed by atoms with Crippen LogP contribution in [0.4, 0.5) is 5.69 Å². The Kier molecular flexibility index (Phi) is 6.58. The molecule has 0 saturated carbocycles. The Morgan fingerprint density at radius 1 is 1.30 bits per heavy atom. The molecule has 0 saturated heterocycles. The second-order valence-electron chi connectivity index (χ2n) is 6.62. The molecule has 3 rings (SSSR count). The summed E-state index contributed by atoms with van der Waals surface area (Å²) in [6.45, 7) is 2.50. The summed E-state index contributed by atoms with van der Waals surface area (Å²) in [4.78, 5) is 44.1. The molecule has 0 spiro atoms. The quantitative estimate of drug-likeness (QED) is 0.349. The van der Waals surface area contributed by atoms with Gasteiger partial charge in [-0.05, 0) is 36.3 Å². The molecule has 8 nitrogen and oxygen atoms in total. The monoisotopic (exact) mass is 426 g/mol. The van der Waals surface area contributed by atoms with Crippen molar-refractivity contribution in [2.24, 2.45) is 0 Å². The molecule has 154 valence electrons. The van der Waals surface area contributed by atoms with Crippen molar-refractivity contribution < 1.29 is 9.72 Å². The van der Waals surface area contributed by atoms with Gasteiger partial charge in [-0.25, -0.2) is 4.98 Å². The number of nitro groups is 1. The molecular formula is C21H19ClN4O4. The predicted octanol–water partition coefficient (Wildman–Crippen LogP) is 3.94. The highest BCUT2D eigenvalue weighted by molar-refractivity contribution is 6.31. The van der Waals surface area contributed by atoms with Crippen LogP contribution in [0.1, 0.15) is 24.7 Å². The summed E-state index contributed by atoms with van der Waals surface area (Å²) in [7, 11) is 0. The maximum absolute atomic E-state index is 12.7. The SMILES string of the molecule is CCCN(Cc1nc2cc(Cl)ccc2c(=O)[nH]1)C(=O)/C=C/c1cccc([N+](=O)[O-])c1. The molecule has 0 aliphatic heterocycles. The number of carbonyl (C=O) groups excluding carboxylic acids is 1. The minimum absolute atomic E-state index is 0.0494. The number of H-pyrrole nitrogens is 1. The van der Waals surface area contributed by atoms with Crippen molar-refractivity contribution in [3.8, 4) is 0 Å². The predicted molar refractivity (Wildman–Crippen MR) is 115 cm³/mol. The van der Waals surface area contributed by atoms with Crippen LogP contribution in [0, 0.1) is 10.1 Å². The molecule has 1 aromatic heterocycles. The Hall–Kier alpha value is -3.52. The molecule has 9 heteroatoms. The number of nitrogens with zero attached hydrogens (tertiary/aromatic N) is 3. The number of aromatic nitrogens is 2. The number of rotatable bonds is 7. The Morgan fingerprint density at radius 2 is 2.10 bits per heavy atom. The fourth-order valence-corrected chi connectivity index (χ4v) is 3.14. The lowest BCUT2D eigenvalue weighted by molar-refractivity contribution is -0.384. The normalized spacial score (nSPS) is 11.1. The number of amides is 1. The number of aromatic amines is 1. The van der Waals surface area contributed by atoms with Gasteiger partial charge in [0, 0.05) is 29.8 Å². The summed E-state index contributed by atoms with van der Waals surface area (Å²) in [5.41, 5.74) is 0.646. The fourth-order valence-electron chi connectivity index (χ4n) is 2.97. The van der Waals surface area contributed by atoms with E-state index in [4.69, 9.17) is 11.6 Å². The summed E-state index contributed by atoms with van der Waals surface area (Å²) < 4.78 is 0. The third kappa shape index (κ3) is 5.09. The third-order valence-corrected chi connectivity index (χ3v) is 4.60. The van der Waals surface area contributed by atoms with Crippen LogP contribution in [0.5, 0.6) is 0 Å². The van der Waals surface area contributed by atoms with Crippen LogP contribution in [-0.2, 0) is 11.3 Å². The number of hydrogen-bond donors (Lipinski definition) is 1. The standard InChI is InChI=1S/C21H19ClN4O4/c1-2-10-25(20(27)9-6-14-4-3-5-16(11-14)26(29)30)13-19-23-18-12-15(22)7-8-17(18)21(28)24-19/h3-9,11-12H,2,10,13H2,1H3,(H,23,24,28)/b9-6+. The van der Waals surface area contributed by atoms with Gasteiger partial charge in [0.25, 0.3) is 11.2 Å². The number of nitro benzene ring substituents is 1. The molecule has 0 radical (unpaired) electrons. The van der Waals surface area contributed by atoms with E-state index in [1.54, 1.807) is 35.2 Å². The molecule has 0 atom stereocenters. The highest BCUT2D eigenvalue weighted by Crippen LogP contribution is 2.16. The number of hydrogen-bond acceptors (Lipinski definition) is 5. The van der Waals surface area contributed by atoms with Gasteiger partial charge in [0.05, 0.1) is 22.4 Å². The van der Waals surface area contributed by atoms with Gasteiger partial charge in [0.1, 0.15) is 5.82 Å². The van der Waals surface area contributed by atoms with Crippen molar-refractivity contribution in [2.45, 2.75) is 19.9 Å². The minimum atomic E-state index is -0.490. The Labute approximate surface area is 177 Å². The molecule has 3 aromatic rings. The lowest BCUT2D eigenvalue weighted by Crippen LogP contribution is -2.31. The van der Waals surface area contributed by atoms with Crippen LogP contribution >= 0.6 is 11.6 Å². The topological polar surface area (TPSA) is 109 Å². The van der Waals surface area contributed by atoms with Crippen molar-refractivity contribution in [3.05, 3.63) is 85.4 Å². The average Bonchev–Trinajstić information content (AvgIpc) is 2.71. The fraction of sp³-hybridized carbons (Fsp3) is 0.190. The van der Waals surface area contributed by atoms with E-state index in [0.29, 0.717) is 40.3 Å². The van der Waals surface area contributed by atoms with Gasteiger partial charge in [0.15, 0.2) is 0 Å². The summed E-state index contributed by atoms with van der Waals surface area (Å²) in [6, 6.07) is 10.8. The van der Waals surface area contributed by atoms with E-state index in [-0.39, 0.29) is 23.7 Å². The third-order valence-electron chi connectivity index (χ3n) is 4.36. The molecule has 0 aliphatic carbocycles. The van der Waals surface area contributed by atoms with E-state index in [0.717, 1.165) is 0 Å². The Bertz CT molecular complexity index is 1190. The lowest BCUT2D eigenvalue weighted by atomic mass is 10.2. The van der Waals surface area contributed by atoms with E-state index < -0.39 is 4.92 Å². The number of halogens is 1.